The molecule has 1 saturated heterocycles. The standard InChI is InChI=1S/C17H17ClN4O3/c18-12-3-1-2-11(10-12)16(24)19-13-6-8-22(9-7-13)17(25)14-4-5-15(23)21-20-14/h1-5,10,13H,6-9H2,(H,19,24)(H,21,23). The molecule has 130 valence electrons. The lowest BCUT2D eigenvalue weighted by Gasteiger charge is -2.32. The van der Waals surface area contributed by atoms with Crippen LogP contribution in [0.2, 0.25) is 5.02 Å². The van der Waals surface area contributed by atoms with Gasteiger partial charge in [-0.2, -0.15) is 5.10 Å². The minimum absolute atomic E-state index is 0.000860. The summed E-state index contributed by atoms with van der Waals surface area (Å²) in [6.45, 7) is 1.03. The normalized spacial score (nSPS) is 15.0. The molecule has 0 saturated carbocycles. The Bertz CT molecular complexity index is 823. The van der Waals surface area contributed by atoms with Crippen LogP contribution in [0.25, 0.3) is 0 Å². The lowest BCUT2D eigenvalue weighted by molar-refractivity contribution is 0.0691. The number of nitrogens with one attached hydrogen (secondary N) is 2. The fraction of sp³-hybridized carbons (Fsp3) is 0.294. The highest BCUT2D eigenvalue weighted by Crippen LogP contribution is 2.15. The quantitative estimate of drug-likeness (QED) is 0.866. The third-order valence-electron chi connectivity index (χ3n) is 4.10. The van der Waals surface area contributed by atoms with Crippen LogP contribution in [0.4, 0.5) is 0 Å². The second kappa shape index (κ2) is 7.48. The largest absolute Gasteiger partial charge is 0.349 e. The first-order valence-corrected chi connectivity index (χ1v) is 8.32. The van der Waals surface area contributed by atoms with Crippen molar-refractivity contribution in [3.05, 3.63) is 63.0 Å². The Balaban J connectivity index is 1.55. The number of nitrogens with zero attached hydrogens (tertiary/aromatic N) is 2. The Kier molecular flexibility index (Phi) is 5.14. The van der Waals surface area contributed by atoms with Crippen LogP contribution >= 0.6 is 11.6 Å². The number of hydrogen-bond acceptors (Lipinski definition) is 4. The monoisotopic (exact) mass is 360 g/mol. The molecule has 1 aromatic carbocycles. The summed E-state index contributed by atoms with van der Waals surface area (Å²) in [7, 11) is 0. The van der Waals surface area contributed by atoms with Gasteiger partial charge in [0.1, 0.15) is 5.69 Å². The second-order valence-electron chi connectivity index (χ2n) is 5.86. The number of H-pyrrole nitrogens is 1. The highest BCUT2D eigenvalue weighted by atomic mass is 35.5. The average Bonchev–Trinajstić information content (AvgIpc) is 2.62. The highest BCUT2D eigenvalue weighted by Gasteiger charge is 2.25. The Hall–Kier alpha value is -2.67. The van der Waals surface area contributed by atoms with Gasteiger partial charge in [-0.3, -0.25) is 14.4 Å². The number of carbonyl (C=O) groups is 2. The highest BCUT2D eigenvalue weighted by molar-refractivity contribution is 6.30. The van der Waals surface area contributed by atoms with Gasteiger partial charge in [0.25, 0.3) is 17.4 Å². The van der Waals surface area contributed by atoms with Crippen molar-refractivity contribution < 1.29 is 9.59 Å². The van der Waals surface area contributed by atoms with Crippen LogP contribution < -0.4 is 10.9 Å². The molecule has 1 aromatic heterocycles. The zero-order valence-corrected chi connectivity index (χ0v) is 14.1. The number of benzene rings is 1. The first-order chi connectivity index (χ1) is 12.0. The van der Waals surface area contributed by atoms with Crippen molar-refractivity contribution in [1.82, 2.24) is 20.4 Å². The van der Waals surface area contributed by atoms with Gasteiger partial charge in [0.15, 0.2) is 0 Å². The first kappa shape index (κ1) is 17.2. The molecule has 1 aliphatic heterocycles. The molecule has 2 heterocycles. The Morgan fingerprint density at radius 1 is 1.20 bits per heavy atom. The van der Waals surface area contributed by atoms with Gasteiger partial charge in [0.2, 0.25) is 0 Å². The van der Waals surface area contributed by atoms with Crippen molar-refractivity contribution in [3.63, 3.8) is 0 Å². The van der Waals surface area contributed by atoms with Crippen LogP contribution in [0, 0.1) is 0 Å². The van der Waals surface area contributed by atoms with E-state index < -0.39 is 0 Å². The molecule has 0 unspecified atom stereocenters. The van der Waals surface area contributed by atoms with Crippen LogP contribution in [0.5, 0.6) is 0 Å². The van der Waals surface area contributed by atoms with Gasteiger partial charge in [0, 0.05) is 35.8 Å². The first-order valence-electron chi connectivity index (χ1n) is 7.94. The molecule has 2 N–H and O–H groups in total. The fourth-order valence-electron chi connectivity index (χ4n) is 2.75. The summed E-state index contributed by atoms with van der Waals surface area (Å²) in [5, 5.41) is 9.50. The second-order valence-corrected chi connectivity index (χ2v) is 6.29. The van der Waals surface area contributed by atoms with Crippen molar-refractivity contribution in [1.29, 1.82) is 0 Å². The zero-order chi connectivity index (χ0) is 17.8. The van der Waals surface area contributed by atoms with E-state index in [1.807, 2.05) is 0 Å². The maximum Gasteiger partial charge on any atom is 0.274 e. The molecule has 1 fully saturated rings. The van der Waals surface area contributed by atoms with Crippen LogP contribution in [-0.4, -0.2) is 46.0 Å². The summed E-state index contributed by atoms with van der Waals surface area (Å²) >= 11 is 5.90. The van der Waals surface area contributed by atoms with Gasteiger partial charge in [0.05, 0.1) is 0 Å². The number of halogens is 1. The average molecular weight is 361 g/mol. The van der Waals surface area contributed by atoms with E-state index in [1.165, 1.54) is 12.1 Å². The molecule has 2 amide bonds. The minimum Gasteiger partial charge on any atom is -0.349 e. The van der Waals surface area contributed by atoms with E-state index in [0.29, 0.717) is 36.5 Å². The zero-order valence-electron chi connectivity index (χ0n) is 13.4. The Morgan fingerprint density at radius 2 is 1.96 bits per heavy atom. The van der Waals surface area contributed by atoms with Crippen LogP contribution in [0.3, 0.4) is 0 Å². The van der Waals surface area contributed by atoms with E-state index in [9.17, 15) is 14.4 Å². The number of aromatic nitrogens is 2. The maximum atomic E-state index is 12.3. The molecule has 0 bridgehead atoms. The van der Waals surface area contributed by atoms with Crippen LogP contribution in [0.15, 0.2) is 41.2 Å². The number of amides is 2. The number of likely N-dealkylation sites (tertiary alicyclic amines) is 1. The van der Waals surface area contributed by atoms with E-state index in [-0.39, 0.29) is 29.1 Å². The molecule has 8 heteroatoms. The smallest absolute Gasteiger partial charge is 0.274 e. The van der Waals surface area contributed by atoms with Gasteiger partial charge in [-0.25, -0.2) is 5.10 Å². The predicted molar refractivity (Wildman–Crippen MR) is 92.7 cm³/mol. The molecule has 0 spiro atoms. The summed E-state index contributed by atoms with van der Waals surface area (Å²) in [6, 6.07) is 9.47. The maximum absolute atomic E-state index is 12.3. The van der Waals surface area contributed by atoms with E-state index in [1.54, 1.807) is 29.2 Å². The van der Waals surface area contributed by atoms with Crippen molar-refractivity contribution in [2.24, 2.45) is 0 Å². The molecule has 0 atom stereocenters. The van der Waals surface area contributed by atoms with E-state index in [0.717, 1.165) is 0 Å². The SMILES string of the molecule is O=C(NC1CCN(C(=O)c2ccc(=O)[nH]n2)CC1)c1cccc(Cl)c1. The summed E-state index contributed by atoms with van der Waals surface area (Å²) in [6.07, 6.45) is 1.31. The van der Waals surface area contributed by atoms with Gasteiger partial charge in [-0.1, -0.05) is 17.7 Å². The lowest BCUT2D eigenvalue weighted by atomic mass is 10.0. The fourth-order valence-corrected chi connectivity index (χ4v) is 2.94. The number of hydrogen-bond donors (Lipinski definition) is 2. The van der Waals surface area contributed by atoms with Crippen LogP contribution in [-0.2, 0) is 0 Å². The third kappa shape index (κ3) is 4.24. The number of aromatic amines is 1. The van der Waals surface area contributed by atoms with Crippen molar-refractivity contribution in [2.75, 3.05) is 13.1 Å². The third-order valence-corrected chi connectivity index (χ3v) is 4.34. The van der Waals surface area contributed by atoms with Crippen molar-refractivity contribution in [2.45, 2.75) is 18.9 Å². The molecule has 1 aliphatic rings. The molecule has 0 aliphatic carbocycles. The van der Waals surface area contributed by atoms with Crippen LogP contribution in [0.1, 0.15) is 33.7 Å². The molecule has 7 nitrogen and oxygen atoms in total. The summed E-state index contributed by atoms with van der Waals surface area (Å²) in [5.41, 5.74) is 0.378. The molecule has 2 aromatic rings. The summed E-state index contributed by atoms with van der Waals surface area (Å²) in [5.74, 6) is -0.398. The number of carbonyl (C=O) groups excluding carboxylic acids is 2. The predicted octanol–water partition coefficient (Wildman–Crippen LogP) is 1.46. The summed E-state index contributed by atoms with van der Waals surface area (Å²) < 4.78 is 0. The topological polar surface area (TPSA) is 95.2 Å². The van der Waals surface area contributed by atoms with E-state index in [2.05, 4.69) is 15.5 Å². The molecular weight excluding hydrogens is 344 g/mol. The van der Waals surface area contributed by atoms with Gasteiger partial charge in [-0.15, -0.1) is 0 Å². The van der Waals surface area contributed by atoms with Crippen molar-refractivity contribution in [3.8, 4) is 0 Å². The summed E-state index contributed by atoms with van der Waals surface area (Å²) in [4.78, 5) is 37.3. The van der Waals surface area contributed by atoms with E-state index in [4.69, 9.17) is 11.6 Å². The minimum atomic E-state index is -0.348. The van der Waals surface area contributed by atoms with Gasteiger partial charge in [-0.05, 0) is 37.1 Å². The van der Waals surface area contributed by atoms with Crippen molar-refractivity contribution >= 4 is 23.4 Å². The lowest BCUT2D eigenvalue weighted by Crippen LogP contribution is -2.46. The van der Waals surface area contributed by atoms with E-state index >= 15 is 0 Å². The molecule has 25 heavy (non-hydrogen) atoms. The number of rotatable bonds is 3. The van der Waals surface area contributed by atoms with Gasteiger partial charge < -0.3 is 10.2 Å². The van der Waals surface area contributed by atoms with Gasteiger partial charge >= 0.3 is 0 Å². The number of piperidine rings is 1. The Morgan fingerprint density at radius 3 is 2.60 bits per heavy atom. The Labute approximate surface area is 149 Å². The molecule has 3 rings (SSSR count). The molecule has 0 radical (unpaired) electrons. The molecular formula is C17H17ClN4O3.